The molecule has 5 nitrogen and oxygen atoms in total. The third-order valence-corrected chi connectivity index (χ3v) is 1.23. The lowest BCUT2D eigenvalue weighted by Crippen LogP contribution is -2.06. The minimum atomic E-state index is -0.467. The van der Waals surface area contributed by atoms with E-state index in [-0.39, 0.29) is 18.8 Å². The highest BCUT2D eigenvalue weighted by Gasteiger charge is 1.99. The van der Waals surface area contributed by atoms with Gasteiger partial charge in [-0.05, 0) is 6.08 Å². The maximum Gasteiger partial charge on any atom is 0.302 e. The number of ether oxygens (including phenoxy) is 2. The third kappa shape index (κ3) is 7.02. The Bertz CT molecular complexity index is 254. The van der Waals surface area contributed by atoms with Crippen molar-refractivity contribution in [3.8, 4) is 0 Å². The Hall–Kier alpha value is -1.65. The predicted octanol–water partition coefficient (Wildman–Crippen LogP) is 0.238. The van der Waals surface area contributed by atoms with Crippen molar-refractivity contribution < 1.29 is 23.9 Å². The zero-order valence-electron chi connectivity index (χ0n) is 8.11. The summed E-state index contributed by atoms with van der Waals surface area (Å²) in [6, 6.07) is 0. The smallest absolute Gasteiger partial charge is 0.302 e. The van der Waals surface area contributed by atoms with Gasteiger partial charge >= 0.3 is 11.9 Å². The fourth-order valence-corrected chi connectivity index (χ4v) is 0.592. The molecule has 5 heteroatoms. The number of carbonyl (C=O) groups is 3. The van der Waals surface area contributed by atoms with Gasteiger partial charge in [0, 0.05) is 19.4 Å². The van der Waals surface area contributed by atoms with Crippen LogP contribution in [0.2, 0.25) is 0 Å². The molecule has 0 aromatic rings. The summed E-state index contributed by atoms with van der Waals surface area (Å²) in [5, 5.41) is 0. The van der Waals surface area contributed by atoms with E-state index in [0.717, 1.165) is 0 Å². The van der Waals surface area contributed by atoms with Gasteiger partial charge in [0.15, 0.2) is 0 Å². The molecule has 0 N–H and O–H groups in total. The first-order valence-electron chi connectivity index (χ1n) is 3.97. The molecule has 0 aliphatic heterocycles. The topological polar surface area (TPSA) is 69.7 Å². The van der Waals surface area contributed by atoms with E-state index in [1.165, 1.54) is 19.9 Å². The lowest BCUT2D eigenvalue weighted by molar-refractivity contribution is -0.141. The fraction of sp³-hybridized carbons (Fsp3) is 0.444. The molecule has 0 bridgehead atoms. The maximum atomic E-state index is 10.4. The van der Waals surface area contributed by atoms with Crippen molar-refractivity contribution in [1.82, 2.24) is 0 Å². The third-order valence-electron chi connectivity index (χ3n) is 1.23. The summed E-state index contributed by atoms with van der Waals surface area (Å²) in [6.45, 7) is 2.42. The molecule has 0 heterocycles. The lowest BCUT2D eigenvalue weighted by Gasteiger charge is -2.01. The average molecular weight is 200 g/mol. The molecule has 0 saturated carbocycles. The summed E-state index contributed by atoms with van der Waals surface area (Å²) < 4.78 is 9.14. The number of carbonyl (C=O) groups excluding carboxylic acids is 3. The standard InChI is InChI=1S/C9H12O5/c1-7(11)13-4-3-9(5-10)6-14-8(2)12/h3,5H,4,6H2,1-2H3. The first-order valence-corrected chi connectivity index (χ1v) is 3.97. The van der Waals surface area contributed by atoms with Crippen LogP contribution >= 0.6 is 0 Å². The second-order valence-electron chi connectivity index (χ2n) is 2.48. The number of hydrogen-bond donors (Lipinski definition) is 0. The fourth-order valence-electron chi connectivity index (χ4n) is 0.592. The Labute approximate surface area is 81.7 Å². The van der Waals surface area contributed by atoms with Gasteiger partial charge in [0.1, 0.15) is 19.5 Å². The van der Waals surface area contributed by atoms with Gasteiger partial charge in [-0.2, -0.15) is 0 Å². The molecule has 0 saturated heterocycles. The molecule has 0 rings (SSSR count). The molecule has 0 aliphatic rings. The van der Waals surface area contributed by atoms with E-state index in [9.17, 15) is 14.4 Å². The van der Waals surface area contributed by atoms with Crippen LogP contribution < -0.4 is 0 Å². The first-order chi connectivity index (χ1) is 6.56. The van der Waals surface area contributed by atoms with Crippen LogP contribution in [0.1, 0.15) is 13.8 Å². The van der Waals surface area contributed by atoms with Crippen molar-refractivity contribution in [1.29, 1.82) is 0 Å². The molecule has 0 amide bonds. The highest BCUT2D eigenvalue weighted by Crippen LogP contribution is 1.92. The summed E-state index contributed by atoms with van der Waals surface area (Å²) in [4.78, 5) is 31.1. The van der Waals surface area contributed by atoms with E-state index in [0.29, 0.717) is 6.29 Å². The van der Waals surface area contributed by atoms with Gasteiger partial charge in [-0.15, -0.1) is 0 Å². The largest absolute Gasteiger partial charge is 0.462 e. The molecule has 0 aromatic heterocycles. The van der Waals surface area contributed by atoms with Crippen LogP contribution in [-0.2, 0) is 23.9 Å². The van der Waals surface area contributed by atoms with Crippen LogP contribution in [0.15, 0.2) is 11.6 Å². The van der Waals surface area contributed by atoms with Gasteiger partial charge in [-0.3, -0.25) is 14.4 Å². The molecular formula is C9H12O5. The highest BCUT2D eigenvalue weighted by atomic mass is 16.5. The van der Waals surface area contributed by atoms with E-state index in [4.69, 9.17) is 0 Å². The normalized spacial score (nSPS) is 10.6. The minimum Gasteiger partial charge on any atom is -0.462 e. The predicted molar refractivity (Wildman–Crippen MR) is 47.4 cm³/mol. The van der Waals surface area contributed by atoms with E-state index < -0.39 is 11.9 Å². The van der Waals surface area contributed by atoms with Gasteiger partial charge < -0.3 is 9.47 Å². The summed E-state index contributed by atoms with van der Waals surface area (Å²) >= 11 is 0. The molecule has 0 unspecified atom stereocenters. The summed E-state index contributed by atoms with van der Waals surface area (Å²) in [5.41, 5.74) is 0.265. The molecule has 0 atom stereocenters. The monoisotopic (exact) mass is 200 g/mol. The molecule has 0 aliphatic carbocycles. The molecular weight excluding hydrogens is 188 g/mol. The zero-order chi connectivity index (χ0) is 11.0. The molecule has 0 fully saturated rings. The van der Waals surface area contributed by atoms with Crippen LogP contribution in [0.5, 0.6) is 0 Å². The Kier molecular flexibility index (Phi) is 6.02. The second-order valence-corrected chi connectivity index (χ2v) is 2.48. The maximum absolute atomic E-state index is 10.4. The lowest BCUT2D eigenvalue weighted by atomic mass is 10.3. The number of aldehydes is 1. The van der Waals surface area contributed by atoms with Crippen LogP contribution in [0, 0.1) is 0 Å². The van der Waals surface area contributed by atoms with Gasteiger partial charge in [0.25, 0.3) is 0 Å². The SMILES string of the molecule is CC(=O)OCC=C(C=O)COC(C)=O. The Morgan fingerprint density at radius 2 is 1.71 bits per heavy atom. The molecule has 0 aromatic carbocycles. The average Bonchev–Trinajstić information content (AvgIpc) is 2.10. The van der Waals surface area contributed by atoms with Crippen molar-refractivity contribution in [3.05, 3.63) is 11.6 Å². The van der Waals surface area contributed by atoms with Gasteiger partial charge in [-0.1, -0.05) is 0 Å². The summed E-state index contributed by atoms with van der Waals surface area (Å²) in [5.74, 6) is -0.899. The first kappa shape index (κ1) is 12.3. The minimum absolute atomic E-state index is 0.00463. The van der Waals surface area contributed by atoms with E-state index in [2.05, 4.69) is 9.47 Å². The van der Waals surface area contributed by atoms with E-state index >= 15 is 0 Å². The summed E-state index contributed by atoms with van der Waals surface area (Å²) in [7, 11) is 0. The van der Waals surface area contributed by atoms with Gasteiger partial charge in [0.2, 0.25) is 0 Å². The molecule has 0 spiro atoms. The zero-order valence-corrected chi connectivity index (χ0v) is 8.11. The van der Waals surface area contributed by atoms with Crippen molar-refractivity contribution in [2.24, 2.45) is 0 Å². The number of rotatable bonds is 5. The summed E-state index contributed by atoms with van der Waals surface area (Å²) in [6.07, 6.45) is 1.93. The quantitative estimate of drug-likeness (QED) is 0.361. The van der Waals surface area contributed by atoms with Crippen LogP contribution in [0.25, 0.3) is 0 Å². The molecule has 0 radical (unpaired) electrons. The second kappa shape index (κ2) is 6.82. The number of hydrogen-bond acceptors (Lipinski definition) is 5. The Morgan fingerprint density at radius 3 is 2.14 bits per heavy atom. The van der Waals surface area contributed by atoms with Crippen molar-refractivity contribution in [2.45, 2.75) is 13.8 Å². The Balaban J connectivity index is 3.92. The van der Waals surface area contributed by atoms with E-state index in [1.807, 2.05) is 0 Å². The van der Waals surface area contributed by atoms with E-state index in [1.54, 1.807) is 0 Å². The van der Waals surface area contributed by atoms with Gasteiger partial charge in [-0.25, -0.2) is 0 Å². The van der Waals surface area contributed by atoms with Crippen molar-refractivity contribution in [3.63, 3.8) is 0 Å². The Morgan fingerprint density at radius 1 is 1.14 bits per heavy atom. The highest BCUT2D eigenvalue weighted by molar-refractivity contribution is 5.75. The van der Waals surface area contributed by atoms with Gasteiger partial charge in [0.05, 0.1) is 0 Å². The number of esters is 2. The molecule has 14 heavy (non-hydrogen) atoms. The van der Waals surface area contributed by atoms with Crippen LogP contribution in [0.3, 0.4) is 0 Å². The van der Waals surface area contributed by atoms with Crippen LogP contribution in [-0.4, -0.2) is 31.4 Å². The molecule has 78 valence electrons. The van der Waals surface area contributed by atoms with Crippen LogP contribution in [0.4, 0.5) is 0 Å². The van der Waals surface area contributed by atoms with Crippen molar-refractivity contribution >= 4 is 18.2 Å². The van der Waals surface area contributed by atoms with Crippen molar-refractivity contribution in [2.75, 3.05) is 13.2 Å².